The molecule has 2 aromatic rings. The largest absolute Gasteiger partial charge is 1.00 e. The van der Waals surface area contributed by atoms with Crippen LogP contribution in [-0.4, -0.2) is 40.6 Å². The fourth-order valence-electron chi connectivity index (χ4n) is 6.08. The number of amides is 2. The van der Waals surface area contributed by atoms with Crippen LogP contribution in [0.1, 0.15) is 99.7 Å². The zero-order chi connectivity index (χ0) is 29.7. The Balaban J connectivity index is 0.00000484. The number of unbranched alkanes of at least 4 members (excludes halogenated alkanes) is 1. The fourth-order valence-corrected chi connectivity index (χ4v) is 6.26. The molecule has 1 spiro atoms. The predicted octanol–water partition coefficient (Wildman–Crippen LogP) is 2.46. The molecule has 7 nitrogen and oxygen atoms in total. The van der Waals surface area contributed by atoms with Crippen molar-refractivity contribution in [3.05, 3.63) is 70.0 Å². The van der Waals surface area contributed by atoms with Crippen LogP contribution < -0.4 is 40.0 Å². The maximum atomic E-state index is 14.3. The van der Waals surface area contributed by atoms with Gasteiger partial charge in [-0.2, -0.15) is 0 Å². The molecule has 0 aromatic heterocycles. The minimum atomic E-state index is -1.23. The average molecular weight is 606 g/mol. The summed E-state index contributed by atoms with van der Waals surface area (Å²) in [6.07, 6.45) is 5.68. The number of hydrogen-bond acceptors (Lipinski definition) is 5. The molecule has 2 amide bonds. The van der Waals surface area contributed by atoms with Crippen LogP contribution in [0, 0.1) is 17.7 Å². The van der Waals surface area contributed by atoms with E-state index in [0.29, 0.717) is 28.7 Å². The summed E-state index contributed by atoms with van der Waals surface area (Å²) in [7, 11) is 0. The Hall–Kier alpha value is -2.26. The first kappa shape index (κ1) is 34.2. The van der Waals surface area contributed by atoms with E-state index in [1.54, 1.807) is 18.2 Å². The van der Waals surface area contributed by atoms with Crippen LogP contribution >= 0.6 is 11.6 Å². The Morgan fingerprint density at radius 1 is 1.17 bits per heavy atom. The summed E-state index contributed by atoms with van der Waals surface area (Å²) in [6.45, 7) is 6.55. The van der Waals surface area contributed by atoms with Crippen LogP contribution in [0.25, 0.3) is 0 Å². The summed E-state index contributed by atoms with van der Waals surface area (Å²) in [6, 6.07) is 11.2. The summed E-state index contributed by atoms with van der Waals surface area (Å²) in [5, 5.41) is 13.2. The summed E-state index contributed by atoms with van der Waals surface area (Å²) in [4.78, 5) is 44.5. The minimum Gasteiger partial charge on any atom is -0.550 e. The van der Waals surface area contributed by atoms with E-state index in [4.69, 9.17) is 16.6 Å². The zero-order valence-electron chi connectivity index (χ0n) is 24.9. The van der Waals surface area contributed by atoms with Crippen molar-refractivity contribution < 1.29 is 53.4 Å². The van der Waals surface area contributed by atoms with E-state index in [2.05, 4.69) is 26.1 Å². The van der Waals surface area contributed by atoms with Gasteiger partial charge in [-0.1, -0.05) is 57.3 Å². The number of aliphatic carboxylic acids is 1. The van der Waals surface area contributed by atoms with Gasteiger partial charge in [0.05, 0.1) is 11.1 Å². The summed E-state index contributed by atoms with van der Waals surface area (Å²) in [5.41, 5.74) is 1.40. The van der Waals surface area contributed by atoms with E-state index >= 15 is 0 Å². The van der Waals surface area contributed by atoms with Gasteiger partial charge in [0.25, 0.3) is 11.8 Å². The number of carboxylic acids is 1. The molecule has 1 aliphatic heterocycles. The van der Waals surface area contributed by atoms with Crippen molar-refractivity contribution in [3.8, 4) is 0 Å². The molecule has 1 saturated carbocycles. The van der Waals surface area contributed by atoms with Crippen LogP contribution in [0.4, 0.5) is 4.39 Å². The number of nitrogens with zero attached hydrogens (tertiary/aromatic N) is 2. The topological polar surface area (TPSA) is 102 Å². The molecule has 1 heterocycles. The summed E-state index contributed by atoms with van der Waals surface area (Å²) >= 11 is 6.10. The first-order chi connectivity index (χ1) is 19.6. The molecule has 0 bridgehead atoms. The SMILES string of the molecule is CCCC[C@H](c1ccc(C(=O)NCCC(=O)[O-])cc1)N1C(=O)C(c2ccc(F)c(Cl)c2)=NC12CCC(C(C)C)CC2.[Na+]. The smallest absolute Gasteiger partial charge is 0.550 e. The van der Waals surface area contributed by atoms with Gasteiger partial charge in [-0.3, -0.25) is 14.6 Å². The van der Waals surface area contributed by atoms with Gasteiger partial charge in [-0.25, -0.2) is 4.39 Å². The van der Waals surface area contributed by atoms with E-state index in [0.717, 1.165) is 50.5 Å². The first-order valence-corrected chi connectivity index (χ1v) is 14.9. The van der Waals surface area contributed by atoms with Crippen molar-refractivity contribution in [2.24, 2.45) is 16.8 Å². The molecular weight excluding hydrogens is 568 g/mol. The fraction of sp³-hybridized carbons (Fsp3) is 0.500. The molecule has 2 aliphatic rings. The normalized spacial score (nSPS) is 20.8. The number of aliphatic imine (C=N–C) groups is 1. The first-order valence-electron chi connectivity index (χ1n) is 14.5. The third kappa shape index (κ3) is 7.62. The number of carboxylic acid groups (broad SMARTS) is 1. The molecule has 220 valence electrons. The molecule has 1 aliphatic carbocycles. The second-order valence-corrected chi connectivity index (χ2v) is 11.9. The number of carbonyl (C=O) groups is 3. The second-order valence-electron chi connectivity index (χ2n) is 11.5. The van der Waals surface area contributed by atoms with Gasteiger partial charge in [-0.15, -0.1) is 0 Å². The maximum absolute atomic E-state index is 14.3. The number of halogens is 2. The molecule has 0 saturated heterocycles. The average Bonchev–Trinajstić information content (AvgIpc) is 3.22. The minimum absolute atomic E-state index is 0. The quantitative estimate of drug-likeness (QED) is 0.398. The van der Waals surface area contributed by atoms with Crippen LogP contribution in [0.2, 0.25) is 5.02 Å². The Bertz CT molecular complexity index is 1310. The van der Waals surface area contributed by atoms with Gasteiger partial charge in [0.1, 0.15) is 17.2 Å². The van der Waals surface area contributed by atoms with Crippen molar-refractivity contribution >= 4 is 35.1 Å². The van der Waals surface area contributed by atoms with Crippen LogP contribution in [-0.2, 0) is 9.59 Å². The van der Waals surface area contributed by atoms with E-state index in [9.17, 15) is 23.9 Å². The zero-order valence-corrected chi connectivity index (χ0v) is 27.7. The number of carbonyl (C=O) groups excluding carboxylic acids is 3. The van der Waals surface area contributed by atoms with Crippen molar-refractivity contribution in [2.75, 3.05) is 6.54 Å². The third-order valence-corrected chi connectivity index (χ3v) is 8.76. The molecule has 1 atom stereocenters. The molecule has 0 unspecified atom stereocenters. The third-order valence-electron chi connectivity index (χ3n) is 8.47. The van der Waals surface area contributed by atoms with Crippen LogP contribution in [0.3, 0.4) is 0 Å². The molecule has 42 heavy (non-hydrogen) atoms. The Morgan fingerprint density at radius 2 is 1.83 bits per heavy atom. The van der Waals surface area contributed by atoms with Crippen molar-refractivity contribution in [1.82, 2.24) is 10.2 Å². The van der Waals surface area contributed by atoms with Gasteiger partial charge < -0.3 is 20.1 Å². The Morgan fingerprint density at radius 3 is 2.40 bits per heavy atom. The molecule has 4 rings (SSSR count). The second kappa shape index (κ2) is 15.0. The molecule has 1 fully saturated rings. The Kier molecular flexibility index (Phi) is 12.2. The predicted molar refractivity (Wildman–Crippen MR) is 155 cm³/mol. The van der Waals surface area contributed by atoms with Gasteiger partial charge in [0.2, 0.25) is 0 Å². The van der Waals surface area contributed by atoms with Gasteiger partial charge in [0.15, 0.2) is 0 Å². The van der Waals surface area contributed by atoms with Crippen LogP contribution in [0.5, 0.6) is 0 Å². The van der Waals surface area contributed by atoms with E-state index < -0.39 is 17.4 Å². The van der Waals surface area contributed by atoms with Gasteiger partial charge in [-0.05, 0) is 79.8 Å². The number of rotatable bonds is 11. The number of benzene rings is 2. The molecule has 1 N–H and O–H groups in total. The van der Waals surface area contributed by atoms with E-state index in [-0.39, 0.29) is 65.4 Å². The molecular formula is C32H38ClFN3NaO4. The van der Waals surface area contributed by atoms with Crippen molar-refractivity contribution in [3.63, 3.8) is 0 Å². The van der Waals surface area contributed by atoms with Gasteiger partial charge >= 0.3 is 29.6 Å². The molecule has 0 radical (unpaired) electrons. The van der Waals surface area contributed by atoms with E-state index in [1.807, 2.05) is 17.0 Å². The van der Waals surface area contributed by atoms with Crippen LogP contribution in [0.15, 0.2) is 47.5 Å². The van der Waals surface area contributed by atoms with E-state index in [1.165, 1.54) is 12.1 Å². The molecule has 10 heteroatoms. The monoisotopic (exact) mass is 605 g/mol. The maximum Gasteiger partial charge on any atom is 1.00 e. The summed E-state index contributed by atoms with van der Waals surface area (Å²) in [5.74, 6) is -1.24. The van der Waals surface area contributed by atoms with Crippen molar-refractivity contribution in [2.45, 2.75) is 83.8 Å². The Labute approximate surface area is 274 Å². The summed E-state index contributed by atoms with van der Waals surface area (Å²) < 4.78 is 14.0. The standard InChI is InChI=1S/C32H39ClFN3O4.Na/c1-4-5-6-27(22-7-9-23(10-8-22)30(40)35-18-15-28(38)39)37-31(41)29(24-11-12-26(34)25(33)19-24)36-32(37)16-13-21(14-17-32)20(2)3;/h7-12,19-21,27H,4-6,13-18H2,1-3H3,(H,35,40)(H,38,39);/q;+1/p-1/t21?,27-,32?;/m1./s1. The van der Waals surface area contributed by atoms with Crippen molar-refractivity contribution in [1.29, 1.82) is 0 Å². The number of nitrogens with one attached hydrogen (secondary N) is 1. The van der Waals surface area contributed by atoms with Gasteiger partial charge in [0, 0.05) is 30.1 Å². The molecule has 2 aromatic carbocycles. The number of hydrogen-bond donors (Lipinski definition) is 1.